The number of methoxy groups -OCH3 is 3. The molecule has 0 radical (unpaired) electrons. The van der Waals surface area contributed by atoms with Gasteiger partial charge in [-0.3, -0.25) is 0 Å². The van der Waals surface area contributed by atoms with Gasteiger partial charge >= 0.3 is 5.97 Å². The Morgan fingerprint density at radius 1 is 1.13 bits per heavy atom. The van der Waals surface area contributed by atoms with E-state index in [0.717, 1.165) is 5.56 Å². The molecule has 0 bridgehead atoms. The number of hydrogen-bond acceptors (Lipinski definition) is 6. The number of phenols is 1. The largest absolute Gasteiger partial charge is 0.507 e. The van der Waals surface area contributed by atoms with E-state index in [1.807, 2.05) is 6.07 Å². The van der Waals surface area contributed by atoms with E-state index in [9.17, 15) is 9.90 Å². The summed E-state index contributed by atoms with van der Waals surface area (Å²) in [5.41, 5.74) is 1.36. The first kappa shape index (κ1) is 16.4. The number of nitrogens with zero attached hydrogens (tertiary/aromatic N) is 1. The van der Waals surface area contributed by atoms with Gasteiger partial charge in [0, 0.05) is 18.3 Å². The van der Waals surface area contributed by atoms with E-state index >= 15 is 0 Å². The second-order valence-electron chi connectivity index (χ2n) is 4.57. The zero-order valence-corrected chi connectivity index (χ0v) is 13.1. The second-order valence-corrected chi connectivity index (χ2v) is 4.57. The fourth-order valence-electron chi connectivity index (χ4n) is 1.99. The second kappa shape index (κ2) is 7.31. The molecule has 6 nitrogen and oxygen atoms in total. The SMILES string of the molecule is COC(=O)c1c(O)cc(OC)cc1/C=C/c1ccc(OC)nc1. The van der Waals surface area contributed by atoms with E-state index in [-0.39, 0.29) is 11.3 Å². The molecule has 1 heterocycles. The molecule has 0 spiro atoms. The molecule has 1 aromatic heterocycles. The van der Waals surface area contributed by atoms with Gasteiger partial charge in [-0.15, -0.1) is 0 Å². The van der Waals surface area contributed by atoms with Crippen molar-refractivity contribution in [2.75, 3.05) is 21.3 Å². The zero-order valence-electron chi connectivity index (χ0n) is 13.1. The summed E-state index contributed by atoms with van der Waals surface area (Å²) < 4.78 is 14.8. The first-order valence-corrected chi connectivity index (χ1v) is 6.76. The molecule has 0 saturated carbocycles. The van der Waals surface area contributed by atoms with Gasteiger partial charge in [-0.25, -0.2) is 9.78 Å². The van der Waals surface area contributed by atoms with Crippen LogP contribution in [-0.2, 0) is 4.74 Å². The molecule has 0 aliphatic rings. The third-order valence-corrected chi connectivity index (χ3v) is 3.17. The number of hydrogen-bond donors (Lipinski definition) is 1. The van der Waals surface area contributed by atoms with Gasteiger partial charge in [-0.1, -0.05) is 12.2 Å². The number of benzene rings is 1. The van der Waals surface area contributed by atoms with E-state index in [1.54, 1.807) is 37.6 Å². The highest BCUT2D eigenvalue weighted by Gasteiger charge is 2.17. The van der Waals surface area contributed by atoms with Crippen LogP contribution in [0.4, 0.5) is 0 Å². The fourth-order valence-corrected chi connectivity index (χ4v) is 1.99. The summed E-state index contributed by atoms with van der Waals surface area (Å²) in [6, 6.07) is 6.54. The zero-order chi connectivity index (χ0) is 16.8. The number of carbonyl (C=O) groups excluding carboxylic acids is 1. The molecule has 0 aliphatic heterocycles. The Labute approximate surface area is 134 Å². The van der Waals surface area contributed by atoms with Gasteiger partial charge in [0.25, 0.3) is 0 Å². The Morgan fingerprint density at radius 2 is 1.91 bits per heavy atom. The lowest BCUT2D eigenvalue weighted by Crippen LogP contribution is -2.04. The number of esters is 1. The monoisotopic (exact) mass is 315 g/mol. The number of ether oxygens (including phenoxy) is 3. The highest BCUT2D eigenvalue weighted by Crippen LogP contribution is 2.30. The molecule has 6 heteroatoms. The van der Waals surface area contributed by atoms with Gasteiger partial charge in [-0.05, 0) is 23.3 Å². The predicted octanol–water partition coefficient (Wildman–Crippen LogP) is 2.76. The third kappa shape index (κ3) is 3.79. The van der Waals surface area contributed by atoms with Crippen molar-refractivity contribution in [2.24, 2.45) is 0 Å². The average Bonchev–Trinajstić information content (AvgIpc) is 2.59. The molecule has 1 aromatic carbocycles. The number of phenolic OH excluding ortho intramolecular Hbond substituents is 1. The van der Waals surface area contributed by atoms with Crippen LogP contribution in [-0.4, -0.2) is 37.4 Å². The van der Waals surface area contributed by atoms with E-state index in [2.05, 4.69) is 4.98 Å². The quantitative estimate of drug-likeness (QED) is 0.855. The molecule has 0 amide bonds. The van der Waals surface area contributed by atoms with Crippen molar-refractivity contribution in [3.63, 3.8) is 0 Å². The summed E-state index contributed by atoms with van der Waals surface area (Å²) >= 11 is 0. The van der Waals surface area contributed by atoms with Crippen molar-refractivity contribution in [1.29, 1.82) is 0 Å². The van der Waals surface area contributed by atoms with Crippen LogP contribution in [0.2, 0.25) is 0 Å². The van der Waals surface area contributed by atoms with E-state index in [0.29, 0.717) is 17.2 Å². The number of aromatic hydroxyl groups is 1. The molecule has 23 heavy (non-hydrogen) atoms. The lowest BCUT2D eigenvalue weighted by molar-refractivity contribution is 0.0597. The summed E-state index contributed by atoms with van der Waals surface area (Å²) in [6.45, 7) is 0. The van der Waals surface area contributed by atoms with Gasteiger partial charge in [0.1, 0.15) is 17.1 Å². The summed E-state index contributed by atoms with van der Waals surface area (Å²) in [5, 5.41) is 10.0. The Kier molecular flexibility index (Phi) is 5.19. The normalized spacial score (nSPS) is 10.6. The van der Waals surface area contributed by atoms with E-state index in [4.69, 9.17) is 14.2 Å². The maximum absolute atomic E-state index is 11.9. The minimum Gasteiger partial charge on any atom is -0.507 e. The minimum absolute atomic E-state index is 0.0750. The van der Waals surface area contributed by atoms with Crippen molar-refractivity contribution in [3.05, 3.63) is 47.2 Å². The van der Waals surface area contributed by atoms with Crippen molar-refractivity contribution in [3.8, 4) is 17.4 Å². The van der Waals surface area contributed by atoms with Crippen molar-refractivity contribution in [2.45, 2.75) is 0 Å². The number of aromatic nitrogens is 1. The van der Waals surface area contributed by atoms with Gasteiger partial charge < -0.3 is 19.3 Å². The van der Waals surface area contributed by atoms with Crippen LogP contribution in [0.25, 0.3) is 12.2 Å². The lowest BCUT2D eigenvalue weighted by Gasteiger charge is -2.09. The maximum atomic E-state index is 11.9. The average molecular weight is 315 g/mol. The van der Waals surface area contributed by atoms with Crippen molar-refractivity contribution < 1.29 is 24.1 Å². The van der Waals surface area contributed by atoms with E-state index in [1.165, 1.54) is 20.3 Å². The minimum atomic E-state index is -0.627. The number of rotatable bonds is 5. The molecule has 1 N–H and O–H groups in total. The smallest absolute Gasteiger partial charge is 0.342 e. The molecule has 120 valence electrons. The first-order valence-electron chi connectivity index (χ1n) is 6.76. The summed E-state index contributed by atoms with van der Waals surface area (Å²) in [5.74, 6) is 0.112. The van der Waals surface area contributed by atoms with Crippen LogP contribution < -0.4 is 9.47 Å². The topological polar surface area (TPSA) is 77.9 Å². The molecular formula is C17H17NO5. The third-order valence-electron chi connectivity index (χ3n) is 3.17. The highest BCUT2D eigenvalue weighted by molar-refractivity contribution is 5.98. The Morgan fingerprint density at radius 3 is 2.48 bits per heavy atom. The molecule has 0 saturated heterocycles. The molecular weight excluding hydrogens is 298 g/mol. The first-order chi connectivity index (χ1) is 11.1. The maximum Gasteiger partial charge on any atom is 0.342 e. The molecule has 0 aliphatic carbocycles. The van der Waals surface area contributed by atoms with E-state index < -0.39 is 5.97 Å². The Bertz CT molecular complexity index is 723. The van der Waals surface area contributed by atoms with Crippen LogP contribution in [0, 0.1) is 0 Å². The fraction of sp³-hybridized carbons (Fsp3) is 0.176. The molecule has 0 unspecified atom stereocenters. The van der Waals surface area contributed by atoms with Crippen molar-refractivity contribution >= 4 is 18.1 Å². The van der Waals surface area contributed by atoms with Crippen LogP contribution in [0.3, 0.4) is 0 Å². The lowest BCUT2D eigenvalue weighted by atomic mass is 10.0. The van der Waals surface area contributed by atoms with Crippen LogP contribution in [0.15, 0.2) is 30.5 Å². The Balaban J connectivity index is 2.41. The van der Waals surface area contributed by atoms with Gasteiger partial charge in [0.2, 0.25) is 5.88 Å². The van der Waals surface area contributed by atoms with Crippen LogP contribution in [0.5, 0.6) is 17.4 Å². The van der Waals surface area contributed by atoms with Gasteiger partial charge in [-0.2, -0.15) is 0 Å². The predicted molar refractivity (Wildman–Crippen MR) is 85.7 cm³/mol. The van der Waals surface area contributed by atoms with Crippen LogP contribution >= 0.6 is 0 Å². The molecule has 2 aromatic rings. The van der Waals surface area contributed by atoms with Gasteiger partial charge in [0.05, 0.1) is 21.3 Å². The number of carbonyl (C=O) groups is 1. The summed E-state index contributed by atoms with van der Waals surface area (Å²) in [4.78, 5) is 16.0. The molecule has 0 atom stereocenters. The standard InChI is InChI=1S/C17H17NO5/c1-21-13-8-12(16(14(19)9-13)17(20)23-3)6-4-11-5-7-15(22-2)18-10-11/h4-10,19H,1-3H3/b6-4+. The van der Waals surface area contributed by atoms with Gasteiger partial charge in [0.15, 0.2) is 0 Å². The van der Waals surface area contributed by atoms with Crippen molar-refractivity contribution in [1.82, 2.24) is 4.98 Å². The summed E-state index contributed by atoms with van der Waals surface area (Å²) in [6.07, 6.45) is 5.07. The Hall–Kier alpha value is -3.02. The molecule has 0 fully saturated rings. The summed E-state index contributed by atoms with van der Waals surface area (Å²) in [7, 11) is 4.28. The van der Waals surface area contributed by atoms with Crippen LogP contribution in [0.1, 0.15) is 21.5 Å². The number of pyridine rings is 1. The molecule has 2 rings (SSSR count). The highest BCUT2D eigenvalue weighted by atomic mass is 16.5.